The molecule has 0 aliphatic carbocycles. The minimum atomic E-state index is -0.840. The Kier molecular flexibility index (Phi) is 5.18. The van der Waals surface area contributed by atoms with Crippen molar-refractivity contribution in [1.29, 1.82) is 5.26 Å². The van der Waals surface area contributed by atoms with Crippen molar-refractivity contribution in [2.45, 2.75) is 19.4 Å². The molecule has 17 heavy (non-hydrogen) atoms. The first-order valence-corrected chi connectivity index (χ1v) is 5.53. The van der Waals surface area contributed by atoms with Gasteiger partial charge in [0.05, 0.1) is 19.0 Å². The number of rotatable bonds is 6. The predicted molar refractivity (Wildman–Crippen MR) is 64.3 cm³/mol. The van der Waals surface area contributed by atoms with Crippen LogP contribution in [0.1, 0.15) is 24.9 Å². The van der Waals surface area contributed by atoms with Crippen molar-refractivity contribution in [1.82, 2.24) is 4.90 Å². The maximum Gasteiger partial charge on any atom is 0.304 e. The second-order valence-electron chi connectivity index (χ2n) is 3.86. The summed E-state index contributed by atoms with van der Waals surface area (Å²) in [6.45, 7) is 2.61. The zero-order valence-corrected chi connectivity index (χ0v) is 9.84. The topological polar surface area (TPSA) is 64.3 Å². The smallest absolute Gasteiger partial charge is 0.304 e. The molecule has 0 spiro atoms. The molecule has 4 heteroatoms. The standard InChI is InChI=1S/C13H16N2O2/c1-11(12-5-3-2-4-6-12)15(10-8-14)9-7-13(16)17/h2-6,11H,7,9-10H2,1H3,(H,16,17). The monoisotopic (exact) mass is 232 g/mol. The van der Waals surface area contributed by atoms with Gasteiger partial charge in [-0.2, -0.15) is 5.26 Å². The number of nitrogens with zero attached hydrogens (tertiary/aromatic N) is 2. The molecular formula is C13H16N2O2. The summed E-state index contributed by atoms with van der Waals surface area (Å²) in [5.74, 6) is -0.840. The molecule has 0 aliphatic rings. The maximum atomic E-state index is 10.6. The van der Waals surface area contributed by atoms with E-state index >= 15 is 0 Å². The van der Waals surface area contributed by atoms with Gasteiger partial charge in [0.1, 0.15) is 0 Å². The Labute approximate surface area is 101 Å². The van der Waals surface area contributed by atoms with Gasteiger partial charge < -0.3 is 5.11 Å². The number of hydrogen-bond acceptors (Lipinski definition) is 3. The Morgan fingerprint density at radius 1 is 1.47 bits per heavy atom. The lowest BCUT2D eigenvalue weighted by atomic mass is 10.1. The zero-order valence-electron chi connectivity index (χ0n) is 9.84. The van der Waals surface area contributed by atoms with Gasteiger partial charge in [-0.05, 0) is 12.5 Å². The van der Waals surface area contributed by atoms with Gasteiger partial charge in [-0.1, -0.05) is 30.3 Å². The molecule has 0 amide bonds. The molecule has 0 aliphatic heterocycles. The Morgan fingerprint density at radius 2 is 2.12 bits per heavy atom. The van der Waals surface area contributed by atoms with Gasteiger partial charge >= 0.3 is 5.97 Å². The molecule has 1 unspecified atom stereocenters. The number of benzene rings is 1. The van der Waals surface area contributed by atoms with E-state index in [1.807, 2.05) is 42.2 Å². The van der Waals surface area contributed by atoms with Gasteiger partial charge in [-0.25, -0.2) is 0 Å². The molecule has 1 atom stereocenters. The lowest BCUT2D eigenvalue weighted by Gasteiger charge is -2.26. The van der Waals surface area contributed by atoms with Gasteiger partial charge in [-0.3, -0.25) is 9.69 Å². The van der Waals surface area contributed by atoms with Crippen LogP contribution in [0.4, 0.5) is 0 Å². The normalized spacial score (nSPS) is 12.1. The Bertz CT molecular complexity index is 398. The van der Waals surface area contributed by atoms with Gasteiger partial charge in [0.15, 0.2) is 0 Å². The first-order chi connectivity index (χ1) is 8.15. The third-order valence-electron chi connectivity index (χ3n) is 2.72. The van der Waals surface area contributed by atoms with Crippen LogP contribution >= 0.6 is 0 Å². The molecule has 1 N–H and O–H groups in total. The van der Waals surface area contributed by atoms with E-state index in [-0.39, 0.29) is 19.0 Å². The second-order valence-corrected chi connectivity index (χ2v) is 3.86. The molecule has 4 nitrogen and oxygen atoms in total. The largest absolute Gasteiger partial charge is 0.481 e. The van der Waals surface area contributed by atoms with Crippen LogP contribution in [0.2, 0.25) is 0 Å². The zero-order chi connectivity index (χ0) is 12.7. The SMILES string of the molecule is CC(c1ccccc1)N(CC#N)CCC(=O)O. The summed E-state index contributed by atoms with van der Waals surface area (Å²) in [4.78, 5) is 12.4. The highest BCUT2D eigenvalue weighted by Gasteiger charge is 2.15. The van der Waals surface area contributed by atoms with Crippen LogP contribution < -0.4 is 0 Å². The first-order valence-electron chi connectivity index (χ1n) is 5.53. The Morgan fingerprint density at radius 3 is 2.65 bits per heavy atom. The summed E-state index contributed by atoms with van der Waals surface area (Å²) >= 11 is 0. The molecule has 0 bridgehead atoms. The van der Waals surface area contributed by atoms with Crippen LogP contribution in [0.3, 0.4) is 0 Å². The third kappa shape index (κ3) is 4.25. The van der Waals surface area contributed by atoms with Gasteiger partial charge in [0.2, 0.25) is 0 Å². The number of nitriles is 1. The third-order valence-corrected chi connectivity index (χ3v) is 2.72. The predicted octanol–water partition coefficient (Wildman–Crippen LogP) is 2.05. The molecule has 90 valence electrons. The lowest BCUT2D eigenvalue weighted by molar-refractivity contribution is -0.137. The fourth-order valence-corrected chi connectivity index (χ4v) is 1.68. The molecular weight excluding hydrogens is 216 g/mol. The number of carboxylic acid groups (broad SMARTS) is 1. The highest BCUT2D eigenvalue weighted by Crippen LogP contribution is 2.19. The van der Waals surface area contributed by atoms with Crippen molar-refractivity contribution in [3.05, 3.63) is 35.9 Å². The molecule has 1 rings (SSSR count). The number of aliphatic carboxylic acids is 1. The number of hydrogen-bond donors (Lipinski definition) is 1. The van der Waals surface area contributed by atoms with Crippen molar-refractivity contribution < 1.29 is 9.90 Å². The van der Waals surface area contributed by atoms with Crippen molar-refractivity contribution in [2.24, 2.45) is 0 Å². The molecule has 1 aromatic carbocycles. The average Bonchev–Trinajstić information content (AvgIpc) is 2.34. The fourth-order valence-electron chi connectivity index (χ4n) is 1.68. The summed E-state index contributed by atoms with van der Waals surface area (Å²) in [5, 5.41) is 17.4. The fraction of sp³-hybridized carbons (Fsp3) is 0.385. The number of carbonyl (C=O) groups is 1. The number of carboxylic acids is 1. The van der Waals surface area contributed by atoms with E-state index in [0.717, 1.165) is 5.56 Å². The van der Waals surface area contributed by atoms with E-state index < -0.39 is 5.97 Å². The second kappa shape index (κ2) is 6.66. The Hall–Kier alpha value is -1.86. The molecule has 0 aromatic heterocycles. The van der Waals surface area contributed by atoms with Crippen molar-refractivity contribution in [2.75, 3.05) is 13.1 Å². The van der Waals surface area contributed by atoms with Gasteiger partial charge in [0.25, 0.3) is 0 Å². The molecule has 0 radical (unpaired) electrons. The van der Waals surface area contributed by atoms with Crippen LogP contribution in [0.5, 0.6) is 0 Å². The summed E-state index contributed by atoms with van der Waals surface area (Å²) in [6.07, 6.45) is 0.0544. The summed E-state index contributed by atoms with van der Waals surface area (Å²) in [5.41, 5.74) is 1.09. The lowest BCUT2D eigenvalue weighted by Crippen LogP contribution is -2.29. The molecule has 0 saturated heterocycles. The minimum Gasteiger partial charge on any atom is -0.481 e. The molecule has 1 aromatic rings. The highest BCUT2D eigenvalue weighted by atomic mass is 16.4. The van der Waals surface area contributed by atoms with E-state index in [1.165, 1.54) is 0 Å². The van der Waals surface area contributed by atoms with E-state index in [2.05, 4.69) is 6.07 Å². The van der Waals surface area contributed by atoms with Crippen LogP contribution in [0.15, 0.2) is 30.3 Å². The highest BCUT2D eigenvalue weighted by molar-refractivity contribution is 5.66. The maximum absolute atomic E-state index is 10.6. The summed E-state index contributed by atoms with van der Waals surface area (Å²) < 4.78 is 0. The van der Waals surface area contributed by atoms with Gasteiger partial charge in [-0.15, -0.1) is 0 Å². The van der Waals surface area contributed by atoms with Crippen LogP contribution in [0, 0.1) is 11.3 Å². The van der Waals surface area contributed by atoms with Crippen LogP contribution in [0.25, 0.3) is 0 Å². The van der Waals surface area contributed by atoms with E-state index in [0.29, 0.717) is 6.54 Å². The molecule has 0 heterocycles. The van der Waals surface area contributed by atoms with E-state index in [1.54, 1.807) is 0 Å². The van der Waals surface area contributed by atoms with Crippen molar-refractivity contribution >= 4 is 5.97 Å². The van der Waals surface area contributed by atoms with E-state index in [9.17, 15) is 4.79 Å². The first kappa shape index (κ1) is 13.2. The van der Waals surface area contributed by atoms with Crippen LogP contribution in [-0.2, 0) is 4.79 Å². The van der Waals surface area contributed by atoms with Crippen molar-refractivity contribution in [3.8, 4) is 6.07 Å². The van der Waals surface area contributed by atoms with E-state index in [4.69, 9.17) is 10.4 Å². The average molecular weight is 232 g/mol. The Balaban J connectivity index is 2.70. The van der Waals surface area contributed by atoms with Gasteiger partial charge in [0, 0.05) is 12.6 Å². The summed E-state index contributed by atoms with van der Waals surface area (Å²) in [7, 11) is 0. The molecule has 0 fully saturated rings. The van der Waals surface area contributed by atoms with Crippen LogP contribution in [-0.4, -0.2) is 29.1 Å². The minimum absolute atomic E-state index is 0.0511. The molecule has 0 saturated carbocycles. The quantitative estimate of drug-likeness (QED) is 0.762. The van der Waals surface area contributed by atoms with Crippen molar-refractivity contribution in [3.63, 3.8) is 0 Å². The summed E-state index contributed by atoms with van der Waals surface area (Å²) in [6, 6.07) is 11.9.